The van der Waals surface area contributed by atoms with E-state index in [9.17, 15) is 14.4 Å². The number of rotatable bonds is 12. The maximum Gasteiger partial charge on any atom is 0.334 e. The van der Waals surface area contributed by atoms with Gasteiger partial charge in [0.1, 0.15) is 0 Å². The molecule has 0 aromatic heterocycles. The first-order valence-electron chi connectivity index (χ1n) is 7.85. The van der Waals surface area contributed by atoms with Gasteiger partial charge in [0.25, 0.3) is 0 Å². The topological polar surface area (TPSA) is 88.1 Å². The van der Waals surface area contributed by atoms with Crippen LogP contribution in [0, 0.1) is 5.92 Å². The molecule has 0 saturated heterocycles. The van der Waals surface area contributed by atoms with Gasteiger partial charge in [0.2, 0.25) is 0 Å². The summed E-state index contributed by atoms with van der Waals surface area (Å²) >= 11 is 0. The van der Waals surface area contributed by atoms with Gasteiger partial charge in [-0.3, -0.25) is 9.59 Å². The summed E-state index contributed by atoms with van der Waals surface area (Å²) in [6, 6.07) is 0. The van der Waals surface area contributed by atoms with Crippen molar-refractivity contribution >= 4 is 17.9 Å². The zero-order chi connectivity index (χ0) is 17.7. The van der Waals surface area contributed by atoms with Crippen LogP contribution in [0.4, 0.5) is 0 Å². The second-order valence-electron chi connectivity index (χ2n) is 5.28. The minimum absolute atomic E-state index is 0.217. The normalized spacial score (nSPS) is 13.0. The van der Waals surface area contributed by atoms with E-state index in [0.29, 0.717) is 25.9 Å². The average molecular weight is 332 g/mol. The molecular formula is C16H28O7. The van der Waals surface area contributed by atoms with Gasteiger partial charge in [0.05, 0.1) is 26.7 Å². The van der Waals surface area contributed by atoms with Crippen molar-refractivity contribution in [1.82, 2.24) is 0 Å². The standard InChI is InChI=1S/C16H28O7/c1-12(15(18)20-3)9-11-23-14(17)8-6-5-7-10-22-13(2)16(19)21-4/h12-13H,5-11H2,1-4H3/t12-,13?/m1/s1. The Morgan fingerprint density at radius 3 is 2.13 bits per heavy atom. The summed E-state index contributed by atoms with van der Waals surface area (Å²) in [6.07, 6.45) is 2.48. The fraction of sp³-hybridized carbons (Fsp3) is 0.812. The zero-order valence-electron chi connectivity index (χ0n) is 14.5. The highest BCUT2D eigenvalue weighted by Crippen LogP contribution is 2.07. The Hall–Kier alpha value is -1.63. The average Bonchev–Trinajstić information content (AvgIpc) is 2.55. The lowest BCUT2D eigenvalue weighted by atomic mass is 10.1. The molecule has 1 unspecified atom stereocenters. The molecule has 0 aliphatic rings. The maximum absolute atomic E-state index is 11.5. The van der Waals surface area contributed by atoms with E-state index >= 15 is 0 Å². The Labute approximate surface area is 137 Å². The highest BCUT2D eigenvalue weighted by Gasteiger charge is 2.14. The molecule has 0 fully saturated rings. The largest absolute Gasteiger partial charge is 0.469 e. The van der Waals surface area contributed by atoms with Crippen LogP contribution in [0.15, 0.2) is 0 Å². The molecule has 2 atom stereocenters. The van der Waals surface area contributed by atoms with Gasteiger partial charge in [0.15, 0.2) is 6.10 Å². The second kappa shape index (κ2) is 12.9. The van der Waals surface area contributed by atoms with Gasteiger partial charge < -0.3 is 18.9 Å². The van der Waals surface area contributed by atoms with E-state index in [2.05, 4.69) is 9.47 Å². The predicted octanol–water partition coefficient (Wildman–Crippen LogP) is 1.87. The van der Waals surface area contributed by atoms with E-state index in [1.54, 1.807) is 13.8 Å². The Morgan fingerprint density at radius 2 is 1.52 bits per heavy atom. The summed E-state index contributed by atoms with van der Waals surface area (Å²) in [5.74, 6) is -1.25. The molecule has 134 valence electrons. The Balaban J connectivity index is 3.54. The van der Waals surface area contributed by atoms with Crippen LogP contribution in [0.1, 0.15) is 46.0 Å². The summed E-state index contributed by atoms with van der Waals surface area (Å²) < 4.78 is 19.5. The number of unbranched alkanes of at least 4 members (excludes halogenated alkanes) is 2. The zero-order valence-corrected chi connectivity index (χ0v) is 14.5. The van der Waals surface area contributed by atoms with Crippen LogP contribution in [0.25, 0.3) is 0 Å². The summed E-state index contributed by atoms with van der Waals surface area (Å²) in [5, 5.41) is 0. The third-order valence-electron chi connectivity index (χ3n) is 3.34. The highest BCUT2D eigenvalue weighted by atomic mass is 16.6. The van der Waals surface area contributed by atoms with E-state index in [0.717, 1.165) is 12.8 Å². The number of esters is 3. The van der Waals surface area contributed by atoms with Gasteiger partial charge in [-0.2, -0.15) is 0 Å². The Bertz CT molecular complexity index is 367. The van der Waals surface area contributed by atoms with Crippen LogP contribution < -0.4 is 0 Å². The minimum atomic E-state index is -0.568. The van der Waals surface area contributed by atoms with Gasteiger partial charge in [-0.1, -0.05) is 13.3 Å². The summed E-state index contributed by atoms with van der Waals surface area (Å²) in [6.45, 7) is 4.03. The molecule has 0 bridgehead atoms. The number of carbonyl (C=O) groups excluding carboxylic acids is 3. The lowest BCUT2D eigenvalue weighted by molar-refractivity contribution is -0.153. The number of hydrogen-bond donors (Lipinski definition) is 0. The molecule has 0 aliphatic carbocycles. The molecule has 0 heterocycles. The molecule has 7 heteroatoms. The van der Waals surface area contributed by atoms with E-state index in [4.69, 9.17) is 9.47 Å². The smallest absolute Gasteiger partial charge is 0.334 e. The van der Waals surface area contributed by atoms with Crippen molar-refractivity contribution in [2.24, 2.45) is 5.92 Å². The van der Waals surface area contributed by atoms with Crippen LogP contribution in [0.3, 0.4) is 0 Å². The molecule has 0 radical (unpaired) electrons. The molecule has 0 spiro atoms. The van der Waals surface area contributed by atoms with Gasteiger partial charge in [-0.05, 0) is 26.2 Å². The first-order chi connectivity index (χ1) is 10.9. The molecule has 7 nitrogen and oxygen atoms in total. The van der Waals surface area contributed by atoms with Gasteiger partial charge in [-0.25, -0.2) is 4.79 Å². The van der Waals surface area contributed by atoms with Crippen LogP contribution in [0.5, 0.6) is 0 Å². The molecule has 0 rings (SSSR count). The third kappa shape index (κ3) is 10.7. The van der Waals surface area contributed by atoms with Gasteiger partial charge in [-0.15, -0.1) is 0 Å². The highest BCUT2D eigenvalue weighted by molar-refractivity contribution is 5.74. The quantitative estimate of drug-likeness (QED) is 0.306. The number of hydrogen-bond acceptors (Lipinski definition) is 7. The lowest BCUT2D eigenvalue weighted by Gasteiger charge is -2.10. The first kappa shape index (κ1) is 21.4. The fourth-order valence-electron chi connectivity index (χ4n) is 1.78. The summed E-state index contributed by atoms with van der Waals surface area (Å²) in [5.41, 5.74) is 0. The SMILES string of the molecule is COC(=O)C(C)OCCCCCC(=O)OCC[C@@H](C)C(=O)OC. The van der Waals surface area contributed by atoms with E-state index in [-0.39, 0.29) is 24.5 Å². The molecule has 0 aliphatic heterocycles. The van der Waals surface area contributed by atoms with Crippen LogP contribution in [-0.2, 0) is 33.3 Å². The number of methoxy groups -OCH3 is 2. The monoisotopic (exact) mass is 332 g/mol. The molecule has 0 aromatic rings. The number of ether oxygens (including phenoxy) is 4. The molecule has 0 saturated carbocycles. The van der Waals surface area contributed by atoms with E-state index in [1.165, 1.54) is 14.2 Å². The van der Waals surface area contributed by atoms with E-state index in [1.807, 2.05) is 0 Å². The molecule has 23 heavy (non-hydrogen) atoms. The number of carbonyl (C=O) groups is 3. The predicted molar refractivity (Wildman–Crippen MR) is 82.7 cm³/mol. The summed E-state index contributed by atoms with van der Waals surface area (Å²) in [7, 11) is 2.65. The van der Waals surface area contributed by atoms with Crippen LogP contribution >= 0.6 is 0 Å². The Kier molecular flexibility index (Phi) is 12.0. The molecule has 0 amide bonds. The van der Waals surface area contributed by atoms with Gasteiger partial charge >= 0.3 is 17.9 Å². The molecular weight excluding hydrogens is 304 g/mol. The molecule has 0 N–H and O–H groups in total. The van der Waals surface area contributed by atoms with Crippen molar-refractivity contribution in [3.63, 3.8) is 0 Å². The Morgan fingerprint density at radius 1 is 0.870 bits per heavy atom. The maximum atomic E-state index is 11.5. The van der Waals surface area contributed by atoms with Crippen LogP contribution in [-0.4, -0.2) is 51.4 Å². The fourth-order valence-corrected chi connectivity index (χ4v) is 1.78. The van der Waals surface area contributed by atoms with Crippen molar-refractivity contribution < 1.29 is 33.3 Å². The lowest BCUT2D eigenvalue weighted by Crippen LogP contribution is -2.22. The van der Waals surface area contributed by atoms with Crippen molar-refractivity contribution in [3.8, 4) is 0 Å². The summed E-state index contributed by atoms with van der Waals surface area (Å²) in [4.78, 5) is 33.8. The second-order valence-corrected chi connectivity index (χ2v) is 5.28. The van der Waals surface area contributed by atoms with Crippen molar-refractivity contribution in [1.29, 1.82) is 0 Å². The van der Waals surface area contributed by atoms with Crippen molar-refractivity contribution in [2.45, 2.75) is 52.1 Å². The van der Waals surface area contributed by atoms with Gasteiger partial charge in [0, 0.05) is 13.0 Å². The minimum Gasteiger partial charge on any atom is -0.469 e. The third-order valence-corrected chi connectivity index (χ3v) is 3.34. The van der Waals surface area contributed by atoms with Crippen molar-refractivity contribution in [2.75, 3.05) is 27.4 Å². The molecule has 0 aromatic carbocycles. The van der Waals surface area contributed by atoms with Crippen LogP contribution in [0.2, 0.25) is 0 Å². The van der Waals surface area contributed by atoms with Crippen molar-refractivity contribution in [3.05, 3.63) is 0 Å². The first-order valence-corrected chi connectivity index (χ1v) is 7.85. The van der Waals surface area contributed by atoms with E-state index < -0.39 is 12.1 Å².